The van der Waals surface area contributed by atoms with E-state index < -0.39 is 6.17 Å². The molecule has 3 aromatic rings. The van der Waals surface area contributed by atoms with Gasteiger partial charge in [-0.3, -0.25) is 0 Å². The Morgan fingerprint density at radius 1 is 1.33 bits per heavy atom. The van der Waals surface area contributed by atoms with Crippen LogP contribution in [0.25, 0.3) is 23.2 Å². The first-order valence-corrected chi connectivity index (χ1v) is 8.53. The molecule has 0 amide bonds. The number of hydrogen-bond donors (Lipinski definition) is 1. The van der Waals surface area contributed by atoms with Crippen molar-refractivity contribution < 1.29 is 14.2 Å². The van der Waals surface area contributed by atoms with Gasteiger partial charge in [-0.1, -0.05) is 0 Å². The third-order valence-electron chi connectivity index (χ3n) is 4.61. The van der Waals surface area contributed by atoms with E-state index in [1.807, 2.05) is 6.07 Å². The lowest BCUT2D eigenvalue weighted by Crippen LogP contribution is -2.04. The van der Waals surface area contributed by atoms with Gasteiger partial charge in [0.05, 0.1) is 29.9 Å². The molecule has 0 bridgehead atoms. The number of aromatic hydroxyl groups is 1. The van der Waals surface area contributed by atoms with Crippen LogP contribution in [-0.2, 0) is 4.74 Å². The monoisotopic (exact) mass is 367 g/mol. The van der Waals surface area contributed by atoms with Crippen LogP contribution < -0.4 is 0 Å². The van der Waals surface area contributed by atoms with Crippen molar-refractivity contribution in [2.75, 3.05) is 7.11 Å². The zero-order valence-corrected chi connectivity index (χ0v) is 14.7. The van der Waals surface area contributed by atoms with E-state index in [-0.39, 0.29) is 11.9 Å². The Kier molecular flexibility index (Phi) is 4.64. The van der Waals surface area contributed by atoms with Gasteiger partial charge in [-0.15, -0.1) is 10.2 Å². The van der Waals surface area contributed by atoms with E-state index >= 15 is 0 Å². The van der Waals surface area contributed by atoms with Crippen molar-refractivity contribution in [2.24, 2.45) is 0 Å². The lowest BCUT2D eigenvalue weighted by atomic mass is 10.1. The maximum Gasteiger partial charge on any atom is 0.185 e. The second kappa shape index (κ2) is 7.24. The van der Waals surface area contributed by atoms with Crippen LogP contribution in [0, 0.1) is 0 Å². The summed E-state index contributed by atoms with van der Waals surface area (Å²) in [5.74, 6) is 0.335. The standard InChI is InChI=1S/C19H18FN5O2/c1-27-15-7-12(17(20)9-15)6-13-10-22-19(24-23-13)16-3-2-14(8-18(16)26)25-5-4-21-11-25/h2-6,8,10-11,15,17,26H,7,9H2,1H3/b12-6+/t15-,17+/m0/s1. The molecule has 0 spiro atoms. The first-order valence-electron chi connectivity index (χ1n) is 8.53. The maximum atomic E-state index is 14.0. The Hall–Kier alpha value is -3.13. The Balaban J connectivity index is 1.56. The SMILES string of the molecule is CO[C@H]1C/C(=C\c2cnc(-c3ccc(-n4ccnc4)cc3O)nn2)[C@H](F)C1. The Labute approximate surface area is 155 Å². The molecule has 1 saturated carbocycles. The number of phenolic OH excluding ortho intramolecular Hbond substituents is 1. The molecule has 0 radical (unpaired) electrons. The quantitative estimate of drug-likeness (QED) is 0.763. The van der Waals surface area contributed by atoms with Gasteiger partial charge in [-0.2, -0.15) is 0 Å². The number of phenols is 1. The molecule has 2 heterocycles. The highest BCUT2D eigenvalue weighted by molar-refractivity contribution is 5.66. The second-order valence-corrected chi connectivity index (χ2v) is 6.36. The van der Waals surface area contributed by atoms with Gasteiger partial charge in [-0.25, -0.2) is 14.4 Å². The van der Waals surface area contributed by atoms with Gasteiger partial charge in [0.2, 0.25) is 0 Å². The van der Waals surface area contributed by atoms with Crippen molar-refractivity contribution in [1.82, 2.24) is 24.7 Å². The van der Waals surface area contributed by atoms with Gasteiger partial charge in [0.25, 0.3) is 0 Å². The Bertz CT molecular complexity index is 957. The van der Waals surface area contributed by atoms with Crippen LogP contribution >= 0.6 is 0 Å². The predicted molar refractivity (Wildman–Crippen MR) is 97.0 cm³/mol. The zero-order valence-electron chi connectivity index (χ0n) is 14.7. The van der Waals surface area contributed by atoms with Gasteiger partial charge in [0.1, 0.15) is 17.6 Å². The highest BCUT2D eigenvalue weighted by Gasteiger charge is 2.29. The average Bonchev–Trinajstić information content (AvgIpc) is 3.33. The van der Waals surface area contributed by atoms with Crippen LogP contribution in [-0.4, -0.2) is 49.2 Å². The highest BCUT2D eigenvalue weighted by atomic mass is 19.1. The fraction of sp³-hybridized carbons (Fsp3) is 0.263. The largest absolute Gasteiger partial charge is 0.507 e. The molecule has 0 unspecified atom stereocenters. The number of hydrogen-bond acceptors (Lipinski definition) is 6. The zero-order chi connectivity index (χ0) is 18.8. The van der Waals surface area contributed by atoms with E-state index in [1.165, 1.54) is 6.20 Å². The van der Waals surface area contributed by atoms with Crippen molar-refractivity contribution in [2.45, 2.75) is 25.1 Å². The van der Waals surface area contributed by atoms with E-state index in [4.69, 9.17) is 4.74 Å². The Morgan fingerprint density at radius 2 is 2.22 bits per heavy atom. The molecule has 1 N–H and O–H groups in total. The summed E-state index contributed by atoms with van der Waals surface area (Å²) in [5, 5.41) is 18.5. The first kappa shape index (κ1) is 17.3. The predicted octanol–water partition coefficient (Wildman–Crippen LogP) is 2.96. The first-order chi connectivity index (χ1) is 13.1. The van der Waals surface area contributed by atoms with Crippen molar-refractivity contribution in [1.29, 1.82) is 0 Å². The molecule has 27 heavy (non-hydrogen) atoms. The molecule has 2 aromatic heterocycles. The van der Waals surface area contributed by atoms with Crippen molar-refractivity contribution >= 4 is 6.08 Å². The van der Waals surface area contributed by atoms with E-state index in [9.17, 15) is 9.50 Å². The fourth-order valence-corrected chi connectivity index (χ4v) is 3.13. The number of aromatic nitrogens is 5. The molecule has 0 saturated heterocycles. The van der Waals surface area contributed by atoms with Crippen molar-refractivity contribution in [3.8, 4) is 22.8 Å². The van der Waals surface area contributed by atoms with Gasteiger partial charge in [0, 0.05) is 32.0 Å². The van der Waals surface area contributed by atoms with Gasteiger partial charge < -0.3 is 14.4 Å². The minimum atomic E-state index is -1.03. The van der Waals surface area contributed by atoms with Crippen LogP contribution in [0.3, 0.4) is 0 Å². The summed E-state index contributed by atoms with van der Waals surface area (Å²) in [6.07, 6.45) is 8.03. The number of benzene rings is 1. The summed E-state index contributed by atoms with van der Waals surface area (Å²) in [7, 11) is 1.58. The van der Waals surface area contributed by atoms with Crippen LogP contribution in [0.2, 0.25) is 0 Å². The van der Waals surface area contributed by atoms with Crippen LogP contribution in [0.15, 0.2) is 48.7 Å². The molecule has 1 aromatic carbocycles. The van der Waals surface area contributed by atoms with E-state index in [0.717, 1.165) is 5.69 Å². The summed E-state index contributed by atoms with van der Waals surface area (Å²) in [5.41, 5.74) is 2.35. The lowest BCUT2D eigenvalue weighted by Gasteiger charge is -2.07. The molecule has 4 rings (SSSR count). The number of halogens is 1. The van der Waals surface area contributed by atoms with Gasteiger partial charge >= 0.3 is 0 Å². The number of imidazole rings is 1. The third kappa shape index (κ3) is 3.56. The molecule has 1 aliphatic rings. The lowest BCUT2D eigenvalue weighted by molar-refractivity contribution is 0.103. The minimum absolute atomic E-state index is 0.0386. The summed E-state index contributed by atoms with van der Waals surface area (Å²) >= 11 is 0. The summed E-state index contributed by atoms with van der Waals surface area (Å²) in [4.78, 5) is 8.24. The number of rotatable bonds is 4. The Morgan fingerprint density at radius 3 is 2.85 bits per heavy atom. The number of alkyl halides is 1. The number of nitrogens with zero attached hydrogens (tertiary/aromatic N) is 5. The fourth-order valence-electron chi connectivity index (χ4n) is 3.13. The van der Waals surface area contributed by atoms with Gasteiger partial charge in [-0.05, 0) is 30.2 Å². The highest BCUT2D eigenvalue weighted by Crippen LogP contribution is 2.31. The van der Waals surface area contributed by atoms with Gasteiger partial charge in [0.15, 0.2) is 5.82 Å². The molecule has 1 aliphatic carbocycles. The summed E-state index contributed by atoms with van der Waals surface area (Å²) in [6.45, 7) is 0. The summed E-state index contributed by atoms with van der Waals surface area (Å²) in [6, 6.07) is 5.15. The molecule has 2 atom stereocenters. The molecular formula is C19H18FN5O2. The third-order valence-corrected chi connectivity index (χ3v) is 4.61. The molecule has 138 valence electrons. The van der Waals surface area contributed by atoms with E-state index in [1.54, 1.807) is 48.6 Å². The average molecular weight is 367 g/mol. The minimum Gasteiger partial charge on any atom is -0.507 e. The topological polar surface area (TPSA) is 86.0 Å². The maximum absolute atomic E-state index is 14.0. The van der Waals surface area contributed by atoms with E-state index in [0.29, 0.717) is 35.5 Å². The number of methoxy groups -OCH3 is 1. The molecular weight excluding hydrogens is 349 g/mol. The van der Waals surface area contributed by atoms with Crippen LogP contribution in [0.5, 0.6) is 5.75 Å². The summed E-state index contributed by atoms with van der Waals surface area (Å²) < 4.78 is 21.0. The van der Waals surface area contributed by atoms with Crippen LogP contribution in [0.1, 0.15) is 18.5 Å². The van der Waals surface area contributed by atoms with E-state index in [2.05, 4.69) is 20.2 Å². The molecule has 1 fully saturated rings. The molecule has 0 aliphatic heterocycles. The van der Waals surface area contributed by atoms with Crippen molar-refractivity contribution in [3.05, 3.63) is 54.4 Å². The molecule has 8 heteroatoms. The van der Waals surface area contributed by atoms with Crippen LogP contribution in [0.4, 0.5) is 4.39 Å². The second-order valence-electron chi connectivity index (χ2n) is 6.36. The number of ether oxygens (including phenoxy) is 1. The smallest absolute Gasteiger partial charge is 0.185 e. The normalized spacial score (nSPS) is 21.0. The molecule has 7 nitrogen and oxygen atoms in total. The van der Waals surface area contributed by atoms with Crippen molar-refractivity contribution in [3.63, 3.8) is 0 Å².